The molecule has 1 heterocycles. The fourth-order valence-electron chi connectivity index (χ4n) is 0.359. The lowest BCUT2D eigenvalue weighted by molar-refractivity contribution is 1.08. The molecule has 3 N–H and O–H groups in total. The molecule has 0 saturated heterocycles. The predicted molar refractivity (Wildman–Crippen MR) is 29.3 cm³/mol. The lowest BCUT2D eigenvalue weighted by Gasteiger charge is -1.84. The molecule has 0 aliphatic rings. The van der Waals surface area contributed by atoms with E-state index < -0.39 is 5.69 Å². The molecule has 8 heavy (non-hydrogen) atoms. The summed E-state index contributed by atoms with van der Waals surface area (Å²) in [6.45, 7) is 0. The van der Waals surface area contributed by atoms with E-state index in [2.05, 4.69) is 9.97 Å². The third-order valence-electron chi connectivity index (χ3n) is 0.659. The van der Waals surface area contributed by atoms with E-state index in [-0.39, 0.29) is 5.82 Å². The van der Waals surface area contributed by atoms with Crippen molar-refractivity contribution in [3.63, 3.8) is 0 Å². The van der Waals surface area contributed by atoms with Crippen LogP contribution in [-0.2, 0) is 0 Å². The zero-order valence-electron chi connectivity index (χ0n) is 5.96. The minimum absolute atomic E-state index is 0.0972. The van der Waals surface area contributed by atoms with Crippen molar-refractivity contribution in [3.8, 4) is 0 Å². The second kappa shape index (κ2) is 1.65. The van der Waals surface area contributed by atoms with E-state index in [4.69, 9.17) is 2.82 Å². The number of hydrogen-bond donors (Lipinski definition) is 2. The van der Waals surface area contributed by atoms with Crippen LogP contribution in [0.5, 0.6) is 0 Å². The van der Waals surface area contributed by atoms with Gasteiger partial charge in [0, 0.05) is 6.20 Å². The van der Waals surface area contributed by atoms with Gasteiger partial charge < -0.3 is 5.72 Å². The molecule has 4 heteroatoms. The topological polar surface area (TPSA) is 71.8 Å². The van der Waals surface area contributed by atoms with Crippen LogP contribution in [0.1, 0.15) is 0 Å². The lowest BCUT2D eigenvalue weighted by Crippen LogP contribution is -2.10. The summed E-state index contributed by atoms with van der Waals surface area (Å²) in [6, 6.07) is 1.36. The Morgan fingerprint density at radius 1 is 2.00 bits per heavy atom. The number of nitrogens with one attached hydrogen (secondary N) is 1. The third-order valence-corrected chi connectivity index (χ3v) is 0.659. The maximum Gasteiger partial charge on any atom is 0.346 e. The van der Waals surface area contributed by atoms with Gasteiger partial charge in [0.2, 0.25) is 0 Å². The first-order valence-electron chi connectivity index (χ1n) is 2.93. The second-order valence-electron chi connectivity index (χ2n) is 1.26. The first kappa shape index (κ1) is 2.86. The summed E-state index contributed by atoms with van der Waals surface area (Å²) in [4.78, 5) is 15.9. The SMILES string of the molecule is [2H]N([2H])c1ccnc(=O)[nH]1. The number of nitrogens with zero attached hydrogens (tertiary/aromatic N) is 1. The number of rotatable bonds is 1. The summed E-state index contributed by atoms with van der Waals surface area (Å²) < 4.78 is 13.4. The first-order chi connectivity index (χ1) is 4.70. The molecule has 4 nitrogen and oxygen atoms in total. The molecule has 0 spiro atoms. The Labute approximate surface area is 48.3 Å². The number of H-pyrrole nitrogens is 1. The van der Waals surface area contributed by atoms with Crippen LogP contribution in [-0.4, -0.2) is 9.97 Å². The maximum atomic E-state index is 10.4. The van der Waals surface area contributed by atoms with Crippen LogP contribution in [0.3, 0.4) is 0 Å². The van der Waals surface area contributed by atoms with Crippen molar-refractivity contribution >= 4 is 5.82 Å². The summed E-state index contributed by atoms with van der Waals surface area (Å²) in [7, 11) is 0. The number of hydrogen-bond acceptors (Lipinski definition) is 3. The van der Waals surface area contributed by atoms with Crippen molar-refractivity contribution in [1.29, 1.82) is 0 Å². The Morgan fingerprint density at radius 3 is 3.38 bits per heavy atom. The molecule has 0 aliphatic heterocycles. The highest BCUT2D eigenvalue weighted by Gasteiger charge is 1.80. The molecule has 0 aromatic carbocycles. The van der Waals surface area contributed by atoms with Crippen LogP contribution in [0.2, 0.25) is 2.82 Å². The number of nitrogens with two attached hydrogens (primary N) is 1. The maximum absolute atomic E-state index is 10.4. The largest absolute Gasteiger partial charge is 0.385 e. The number of anilines is 1. The predicted octanol–water partition coefficient (Wildman–Crippen LogP) is -0.648. The van der Waals surface area contributed by atoms with Gasteiger partial charge in [-0.15, -0.1) is 0 Å². The number of aromatic amines is 1. The molecule has 0 bridgehead atoms. The molecule has 0 saturated carbocycles. The monoisotopic (exact) mass is 113 g/mol. The molecule has 0 fully saturated rings. The average molecular weight is 113 g/mol. The van der Waals surface area contributed by atoms with Gasteiger partial charge in [-0.3, -0.25) is 4.98 Å². The second-order valence-corrected chi connectivity index (χ2v) is 1.26. The molecule has 1 aromatic heterocycles. The number of aromatic nitrogens is 2. The van der Waals surface area contributed by atoms with Crippen LogP contribution in [0.25, 0.3) is 0 Å². The van der Waals surface area contributed by atoms with Gasteiger partial charge in [-0.25, -0.2) is 9.78 Å². The van der Waals surface area contributed by atoms with Gasteiger partial charge in [0.05, 0.1) is 0 Å². The van der Waals surface area contributed by atoms with E-state index in [1.807, 2.05) is 0 Å². The van der Waals surface area contributed by atoms with E-state index in [1.165, 1.54) is 12.3 Å². The minimum atomic E-state index is -0.554. The van der Waals surface area contributed by atoms with Gasteiger partial charge in [0.1, 0.15) is 5.82 Å². The summed E-state index contributed by atoms with van der Waals surface area (Å²) in [6.07, 6.45) is 1.24. The van der Waals surface area contributed by atoms with Crippen LogP contribution < -0.4 is 11.4 Å². The molecule has 0 atom stereocenters. The highest BCUT2D eigenvalue weighted by atomic mass is 16.1. The summed E-state index contributed by atoms with van der Waals surface area (Å²) >= 11 is 0. The Hall–Kier alpha value is -1.32. The average Bonchev–Trinajstić information content (AvgIpc) is 1.88. The highest BCUT2D eigenvalue weighted by Crippen LogP contribution is 1.82. The van der Waals surface area contributed by atoms with Crippen molar-refractivity contribution < 1.29 is 2.82 Å². The molecule has 0 unspecified atom stereocenters. The zero-order valence-corrected chi connectivity index (χ0v) is 3.96. The summed E-state index contributed by atoms with van der Waals surface area (Å²) in [5.74, 6) is 0.0972. The first-order valence-corrected chi connectivity index (χ1v) is 2.03. The normalized spacial score (nSPS) is 12.0. The standard InChI is InChI=1S/C4H5N3O/c5-3-1-2-6-4(8)7-3/h1-2H,(H3,5,6,7,8)/i/hD2. The Kier molecular flexibility index (Phi) is 0.590. The zero-order chi connectivity index (χ0) is 7.56. The van der Waals surface area contributed by atoms with Gasteiger partial charge in [-0.05, 0) is 6.07 Å². The van der Waals surface area contributed by atoms with Crippen molar-refractivity contribution in [2.45, 2.75) is 0 Å². The molecule has 0 amide bonds. The lowest BCUT2D eigenvalue weighted by atomic mass is 10.6. The molecular weight excluding hydrogens is 106 g/mol. The van der Waals surface area contributed by atoms with Crippen molar-refractivity contribution in [1.82, 2.24) is 9.97 Å². The molecule has 0 radical (unpaired) electrons. The van der Waals surface area contributed by atoms with Gasteiger partial charge in [-0.1, -0.05) is 0 Å². The molecular formula is C4H5N3O. The van der Waals surface area contributed by atoms with Crippen LogP contribution in [0.4, 0.5) is 5.82 Å². The van der Waals surface area contributed by atoms with Gasteiger partial charge in [0.15, 0.2) is 2.82 Å². The Bertz CT molecular complexity index is 271. The van der Waals surface area contributed by atoms with E-state index in [0.717, 1.165) is 0 Å². The quantitative estimate of drug-likeness (QED) is 0.508. The smallest absolute Gasteiger partial charge is 0.346 e. The highest BCUT2D eigenvalue weighted by molar-refractivity contribution is 5.22. The van der Waals surface area contributed by atoms with Crippen molar-refractivity contribution in [3.05, 3.63) is 22.7 Å². The molecule has 0 aliphatic carbocycles. The van der Waals surface area contributed by atoms with E-state index >= 15 is 0 Å². The molecule has 42 valence electrons. The minimum Gasteiger partial charge on any atom is -0.385 e. The van der Waals surface area contributed by atoms with Crippen LogP contribution in [0, 0.1) is 0 Å². The van der Waals surface area contributed by atoms with Gasteiger partial charge >= 0.3 is 5.69 Å². The van der Waals surface area contributed by atoms with Crippen molar-refractivity contribution in [2.75, 3.05) is 5.72 Å². The van der Waals surface area contributed by atoms with Gasteiger partial charge in [-0.2, -0.15) is 0 Å². The van der Waals surface area contributed by atoms with E-state index in [9.17, 15) is 4.79 Å². The van der Waals surface area contributed by atoms with Crippen LogP contribution in [0.15, 0.2) is 17.1 Å². The number of nitrogen functional groups attached to an aromatic ring is 1. The summed E-state index contributed by atoms with van der Waals surface area (Å²) in [5, 5.41) is 0. The van der Waals surface area contributed by atoms with Crippen molar-refractivity contribution in [2.24, 2.45) is 0 Å². The van der Waals surface area contributed by atoms with Crippen LogP contribution >= 0.6 is 0 Å². The van der Waals surface area contributed by atoms with Gasteiger partial charge in [0.25, 0.3) is 0 Å². The fourth-order valence-corrected chi connectivity index (χ4v) is 0.359. The third kappa shape index (κ3) is 0.841. The molecule has 1 aromatic rings. The molecule has 1 rings (SSSR count). The van der Waals surface area contributed by atoms with E-state index in [0.29, 0.717) is 5.72 Å². The fraction of sp³-hybridized carbons (Fsp3) is 0. The summed E-state index contributed by atoms with van der Waals surface area (Å²) in [5.41, 5.74) is -0.245. The Balaban J connectivity index is 3.07. The Morgan fingerprint density at radius 2 is 2.88 bits per heavy atom. The van der Waals surface area contributed by atoms with E-state index in [1.54, 1.807) is 0 Å².